The van der Waals surface area contributed by atoms with E-state index in [1.165, 1.54) is 5.56 Å². The molecule has 2 saturated heterocycles. The number of sulfone groups is 1. The van der Waals surface area contributed by atoms with Crippen LogP contribution in [0.4, 0.5) is 4.79 Å². The van der Waals surface area contributed by atoms with E-state index in [1.54, 1.807) is 4.90 Å². The van der Waals surface area contributed by atoms with Crippen LogP contribution >= 0.6 is 0 Å². The lowest BCUT2D eigenvalue weighted by atomic mass is 9.89. The van der Waals surface area contributed by atoms with E-state index >= 15 is 0 Å². The minimum Gasteiger partial charge on any atom is -0.444 e. The molecule has 0 aromatic heterocycles. The van der Waals surface area contributed by atoms with Crippen LogP contribution in [0.5, 0.6) is 0 Å². The average molecular weight is 351 g/mol. The number of carbonyl (C=O) groups excluding carboxylic acids is 1. The van der Waals surface area contributed by atoms with Gasteiger partial charge in [-0.25, -0.2) is 13.2 Å². The molecule has 6 heteroatoms. The Kier molecular flexibility index (Phi) is 4.36. The van der Waals surface area contributed by atoms with Crippen molar-refractivity contribution in [3.63, 3.8) is 0 Å². The molecule has 1 amide bonds. The number of likely N-dealkylation sites (tertiary alicyclic amines) is 1. The molecule has 3 rings (SSSR count). The third kappa shape index (κ3) is 3.91. The first-order valence-corrected chi connectivity index (χ1v) is 10.2. The average Bonchev–Trinajstić information content (AvgIpc) is 2.76. The molecule has 0 N–H and O–H groups in total. The van der Waals surface area contributed by atoms with Gasteiger partial charge in [-0.15, -0.1) is 0 Å². The van der Waals surface area contributed by atoms with Gasteiger partial charge in [0.1, 0.15) is 5.60 Å². The molecule has 2 heterocycles. The third-order valence-corrected chi connectivity index (χ3v) is 6.41. The van der Waals surface area contributed by atoms with Crippen LogP contribution in [0.25, 0.3) is 0 Å². The molecule has 2 aliphatic rings. The van der Waals surface area contributed by atoms with E-state index in [4.69, 9.17) is 4.74 Å². The van der Waals surface area contributed by atoms with Gasteiger partial charge in [0.25, 0.3) is 0 Å². The highest BCUT2D eigenvalue weighted by atomic mass is 32.2. The molecule has 0 bridgehead atoms. The van der Waals surface area contributed by atoms with Crippen molar-refractivity contribution in [1.82, 2.24) is 4.90 Å². The number of benzene rings is 1. The number of carbonyl (C=O) groups is 1. The number of hydrogen-bond acceptors (Lipinski definition) is 4. The fraction of sp³-hybridized carbons (Fsp3) is 0.611. The molecule has 132 valence electrons. The molecular weight excluding hydrogens is 326 g/mol. The van der Waals surface area contributed by atoms with Gasteiger partial charge < -0.3 is 9.64 Å². The van der Waals surface area contributed by atoms with Gasteiger partial charge in [-0.2, -0.15) is 0 Å². The van der Waals surface area contributed by atoms with Crippen molar-refractivity contribution in [1.29, 1.82) is 0 Å². The van der Waals surface area contributed by atoms with Crippen molar-refractivity contribution in [3.05, 3.63) is 35.4 Å². The Balaban J connectivity index is 1.56. The standard InChI is InChI=1S/C18H25NO4S/c1-18(2,3)23-17(20)19-10-16(11-19)14-6-4-13(5-7-14)15-8-9-24(21,22)12-15/h4-7,15-16H,8-12H2,1-3H3. The van der Waals surface area contributed by atoms with Crippen LogP contribution in [0.3, 0.4) is 0 Å². The Morgan fingerprint density at radius 3 is 2.08 bits per heavy atom. The maximum atomic E-state index is 12.0. The molecule has 5 nitrogen and oxygen atoms in total. The summed E-state index contributed by atoms with van der Waals surface area (Å²) in [6.45, 7) is 6.94. The summed E-state index contributed by atoms with van der Waals surface area (Å²) in [5.74, 6) is 1.03. The number of ether oxygens (including phenoxy) is 1. The number of amides is 1. The lowest BCUT2D eigenvalue weighted by molar-refractivity contribution is 0.00819. The summed E-state index contributed by atoms with van der Waals surface area (Å²) >= 11 is 0. The van der Waals surface area contributed by atoms with Gasteiger partial charge in [0, 0.05) is 19.0 Å². The van der Waals surface area contributed by atoms with Crippen molar-refractivity contribution < 1.29 is 17.9 Å². The minimum absolute atomic E-state index is 0.128. The van der Waals surface area contributed by atoms with Crippen molar-refractivity contribution in [3.8, 4) is 0 Å². The van der Waals surface area contributed by atoms with Crippen molar-refractivity contribution in [2.24, 2.45) is 0 Å². The van der Waals surface area contributed by atoms with Gasteiger partial charge in [0.15, 0.2) is 9.84 Å². The van der Waals surface area contributed by atoms with Crippen molar-refractivity contribution in [2.45, 2.75) is 44.6 Å². The Morgan fingerprint density at radius 2 is 1.62 bits per heavy atom. The van der Waals surface area contributed by atoms with E-state index in [0.29, 0.717) is 24.8 Å². The molecule has 1 aromatic carbocycles. The van der Waals surface area contributed by atoms with Crippen LogP contribution in [-0.2, 0) is 14.6 Å². The third-order valence-electron chi connectivity index (χ3n) is 4.64. The summed E-state index contributed by atoms with van der Waals surface area (Å²) in [7, 11) is -2.85. The summed E-state index contributed by atoms with van der Waals surface area (Å²) < 4.78 is 28.6. The monoisotopic (exact) mass is 351 g/mol. The Morgan fingerprint density at radius 1 is 1.08 bits per heavy atom. The smallest absolute Gasteiger partial charge is 0.410 e. The highest BCUT2D eigenvalue weighted by Crippen LogP contribution is 2.32. The largest absolute Gasteiger partial charge is 0.444 e. The highest BCUT2D eigenvalue weighted by Gasteiger charge is 2.35. The zero-order chi connectivity index (χ0) is 17.5. The van der Waals surface area contributed by atoms with Crippen LogP contribution in [0.2, 0.25) is 0 Å². The molecule has 1 unspecified atom stereocenters. The number of nitrogens with zero attached hydrogens (tertiary/aromatic N) is 1. The van der Waals surface area contributed by atoms with Crippen LogP contribution in [0.1, 0.15) is 50.2 Å². The first-order chi connectivity index (χ1) is 11.1. The normalized spacial score (nSPS) is 23.8. The summed E-state index contributed by atoms with van der Waals surface area (Å²) in [4.78, 5) is 13.7. The predicted molar refractivity (Wildman–Crippen MR) is 93.0 cm³/mol. The first kappa shape index (κ1) is 17.3. The Labute approximate surface area is 143 Å². The van der Waals surface area contributed by atoms with Crippen LogP contribution in [-0.4, -0.2) is 49.6 Å². The van der Waals surface area contributed by atoms with Crippen LogP contribution in [0, 0.1) is 0 Å². The van der Waals surface area contributed by atoms with Gasteiger partial charge in [0.05, 0.1) is 11.5 Å². The van der Waals surface area contributed by atoms with Crippen molar-refractivity contribution in [2.75, 3.05) is 24.6 Å². The maximum Gasteiger partial charge on any atom is 0.410 e. The molecule has 2 fully saturated rings. The predicted octanol–water partition coefficient (Wildman–Crippen LogP) is 2.92. The number of hydrogen-bond donors (Lipinski definition) is 0. The summed E-state index contributed by atoms with van der Waals surface area (Å²) in [5.41, 5.74) is 1.83. The number of rotatable bonds is 2. The van der Waals surface area contributed by atoms with Gasteiger partial charge in [-0.05, 0) is 44.2 Å². The van der Waals surface area contributed by atoms with Crippen LogP contribution in [0.15, 0.2) is 24.3 Å². The first-order valence-electron chi connectivity index (χ1n) is 8.41. The quantitative estimate of drug-likeness (QED) is 0.822. The molecule has 24 heavy (non-hydrogen) atoms. The van der Waals surface area contributed by atoms with Gasteiger partial charge >= 0.3 is 6.09 Å². The second-order valence-corrected chi connectivity index (χ2v) is 10.1. The second-order valence-electron chi connectivity index (χ2n) is 7.85. The summed E-state index contributed by atoms with van der Waals surface area (Å²) in [5, 5.41) is 0. The summed E-state index contributed by atoms with van der Waals surface area (Å²) in [6.07, 6.45) is 0.462. The van der Waals surface area contributed by atoms with Gasteiger partial charge in [-0.3, -0.25) is 0 Å². The van der Waals surface area contributed by atoms with Crippen LogP contribution < -0.4 is 0 Å². The molecule has 0 spiro atoms. The van der Waals surface area contributed by atoms with Crippen molar-refractivity contribution >= 4 is 15.9 Å². The SMILES string of the molecule is CC(C)(C)OC(=O)N1CC(c2ccc(C3CCS(=O)(=O)C3)cc2)C1. The molecule has 2 aliphatic heterocycles. The molecule has 0 radical (unpaired) electrons. The topological polar surface area (TPSA) is 63.7 Å². The minimum atomic E-state index is -2.85. The molecule has 0 saturated carbocycles. The van der Waals surface area contributed by atoms with Gasteiger partial charge in [-0.1, -0.05) is 24.3 Å². The van der Waals surface area contributed by atoms with Gasteiger partial charge in [0.2, 0.25) is 0 Å². The van der Waals surface area contributed by atoms with E-state index in [1.807, 2.05) is 32.9 Å². The zero-order valence-electron chi connectivity index (χ0n) is 14.5. The summed E-state index contributed by atoms with van der Waals surface area (Å²) in [6, 6.07) is 8.21. The molecule has 0 aliphatic carbocycles. The highest BCUT2D eigenvalue weighted by molar-refractivity contribution is 7.91. The zero-order valence-corrected chi connectivity index (χ0v) is 15.3. The Bertz CT molecular complexity index is 712. The van der Waals surface area contributed by atoms with E-state index < -0.39 is 15.4 Å². The molecule has 1 atom stereocenters. The maximum absolute atomic E-state index is 12.0. The molecule has 1 aromatic rings. The van der Waals surface area contributed by atoms with E-state index in [9.17, 15) is 13.2 Å². The van der Waals surface area contributed by atoms with E-state index in [0.717, 1.165) is 12.0 Å². The lowest BCUT2D eigenvalue weighted by Gasteiger charge is -2.40. The Hall–Kier alpha value is -1.56. The van der Waals surface area contributed by atoms with E-state index in [-0.39, 0.29) is 17.8 Å². The lowest BCUT2D eigenvalue weighted by Crippen LogP contribution is -2.50. The fourth-order valence-corrected chi connectivity index (χ4v) is 5.05. The van der Waals surface area contributed by atoms with E-state index in [2.05, 4.69) is 12.1 Å². The molecular formula is C18H25NO4S. The second kappa shape index (κ2) is 6.06. The fourth-order valence-electron chi connectivity index (χ4n) is 3.26.